The zero-order chi connectivity index (χ0) is 37.3. The topological polar surface area (TPSA) is 228 Å². The van der Waals surface area contributed by atoms with Crippen molar-refractivity contribution in [2.24, 2.45) is 4.99 Å². The number of hydrogen-bond acceptors (Lipinski definition) is 11. The van der Waals surface area contributed by atoms with E-state index >= 15 is 0 Å². The summed E-state index contributed by atoms with van der Waals surface area (Å²) in [6, 6.07) is 29.1. The number of nitrogens with one attached hydrogen (secondary N) is 2. The lowest BCUT2D eigenvalue weighted by atomic mass is 10.1. The first-order valence-corrected chi connectivity index (χ1v) is 16.2. The van der Waals surface area contributed by atoms with Gasteiger partial charge in [0.05, 0.1) is 10.8 Å². The molecular formula is C40H30N4O9. The van der Waals surface area contributed by atoms with Gasteiger partial charge < -0.3 is 55.2 Å². The van der Waals surface area contributed by atoms with E-state index < -0.39 is 62.9 Å². The first kappa shape index (κ1) is 32.7. The average molecular weight is 711 g/mol. The molecule has 0 aliphatic heterocycles. The van der Waals surface area contributed by atoms with Crippen molar-refractivity contribution in [2.75, 3.05) is 0 Å². The van der Waals surface area contributed by atoms with Crippen molar-refractivity contribution in [1.29, 1.82) is 5.41 Å². The Labute approximate surface area is 298 Å². The minimum Gasteiger partial charge on any atom is -0.504 e. The third kappa shape index (κ3) is 4.93. The highest BCUT2D eigenvalue weighted by atomic mass is 16.4. The highest BCUT2D eigenvalue weighted by Crippen LogP contribution is 2.59. The van der Waals surface area contributed by atoms with Gasteiger partial charge in [0.25, 0.3) is 0 Å². The Hall–Kier alpha value is -7.54. The molecule has 0 radical (unpaired) electrons. The molecule has 2 aromatic heterocycles. The predicted octanol–water partition coefficient (Wildman–Crippen LogP) is 7.45. The number of fused-ring (bicyclic) bond motifs is 6. The number of amidine groups is 1. The van der Waals surface area contributed by atoms with Gasteiger partial charge in [0, 0.05) is 33.3 Å². The molecule has 13 nitrogen and oxygen atoms in total. The summed E-state index contributed by atoms with van der Waals surface area (Å²) in [5.74, 6) is -7.95. The van der Waals surface area contributed by atoms with Gasteiger partial charge in [-0.05, 0) is 36.8 Å². The van der Waals surface area contributed by atoms with Crippen LogP contribution in [0.25, 0.3) is 49.4 Å². The molecule has 0 saturated heterocycles. The van der Waals surface area contributed by atoms with Crippen LogP contribution in [0, 0.1) is 5.41 Å². The number of phenols is 8. The predicted molar refractivity (Wildman–Crippen MR) is 199 cm³/mol. The Morgan fingerprint density at radius 2 is 1.21 bits per heavy atom. The van der Waals surface area contributed by atoms with Crippen LogP contribution in [0.2, 0.25) is 0 Å². The minimum atomic E-state index is -1.11. The summed E-state index contributed by atoms with van der Waals surface area (Å²) in [5.41, 5.74) is 3.20. The molecule has 1 atom stereocenters. The van der Waals surface area contributed by atoms with Crippen molar-refractivity contribution in [3.05, 3.63) is 114 Å². The number of phenolic OH excluding ortho intramolecular Hbond substituents is 8. The molecule has 53 heavy (non-hydrogen) atoms. The Balaban J connectivity index is 1.31. The maximum Gasteiger partial charge on any atom is 0.206 e. The van der Waals surface area contributed by atoms with Crippen LogP contribution >= 0.6 is 0 Å². The standard InChI is InChI=1S/C40H30N4O9/c1-18(42-40(20-11-6-3-7-12-20)43-39(41)19-9-4-2-5-10-19)22-13-8-14-23-24-17-21(15-16-25(24)53-38(22)23)44-28-26(30(45)34(49)36(51)32(28)47)27-29(44)33(48)37(52)35(50)31(27)46/h2-17,40,45-52H,1H3,(H2,41,43)/b42-18+. The molecule has 0 amide bonds. The fraction of sp³-hybridized carbons (Fsp3) is 0.0500. The molecule has 0 bridgehead atoms. The normalized spacial score (nSPS) is 12.6. The van der Waals surface area contributed by atoms with Crippen LogP contribution in [-0.2, 0) is 0 Å². The van der Waals surface area contributed by atoms with Crippen LogP contribution in [0.1, 0.15) is 29.8 Å². The lowest BCUT2D eigenvalue weighted by Gasteiger charge is -2.18. The van der Waals surface area contributed by atoms with Gasteiger partial charge in [-0.3, -0.25) is 10.4 Å². The Morgan fingerprint density at radius 3 is 1.81 bits per heavy atom. The first-order valence-electron chi connectivity index (χ1n) is 16.2. The summed E-state index contributed by atoms with van der Waals surface area (Å²) < 4.78 is 7.52. The van der Waals surface area contributed by atoms with Crippen LogP contribution in [0.15, 0.2) is 106 Å². The number of hydrogen-bond donors (Lipinski definition) is 10. The van der Waals surface area contributed by atoms with E-state index in [1.807, 2.05) is 85.8 Å². The molecular weight excluding hydrogens is 680 g/mol. The molecule has 13 heteroatoms. The zero-order valence-corrected chi connectivity index (χ0v) is 27.7. The van der Waals surface area contributed by atoms with E-state index in [0.717, 1.165) is 10.1 Å². The van der Waals surface area contributed by atoms with Gasteiger partial charge >= 0.3 is 0 Å². The van der Waals surface area contributed by atoms with Gasteiger partial charge in [-0.15, -0.1) is 0 Å². The quantitative estimate of drug-likeness (QED) is 0.0355. The number of rotatable bonds is 6. The zero-order valence-electron chi connectivity index (χ0n) is 27.7. The molecule has 8 aromatic rings. The van der Waals surface area contributed by atoms with E-state index in [2.05, 4.69) is 5.32 Å². The van der Waals surface area contributed by atoms with E-state index in [9.17, 15) is 40.9 Å². The average Bonchev–Trinajstić information content (AvgIpc) is 3.74. The number of nitrogens with zero attached hydrogens (tertiary/aromatic N) is 2. The van der Waals surface area contributed by atoms with Crippen LogP contribution in [0.3, 0.4) is 0 Å². The lowest BCUT2D eigenvalue weighted by molar-refractivity contribution is 0.350. The maximum absolute atomic E-state index is 11.1. The van der Waals surface area contributed by atoms with Crippen molar-refractivity contribution < 1.29 is 45.3 Å². The lowest BCUT2D eigenvalue weighted by Crippen LogP contribution is -2.28. The Morgan fingerprint density at radius 1 is 0.642 bits per heavy atom. The summed E-state index contributed by atoms with van der Waals surface area (Å²) >= 11 is 0. The molecule has 10 N–H and O–H groups in total. The van der Waals surface area contributed by atoms with Crippen LogP contribution in [0.4, 0.5) is 0 Å². The first-order chi connectivity index (χ1) is 25.5. The molecule has 8 rings (SSSR count). The largest absolute Gasteiger partial charge is 0.504 e. The number of aromatic hydroxyl groups is 8. The smallest absolute Gasteiger partial charge is 0.206 e. The van der Waals surface area contributed by atoms with Crippen LogP contribution < -0.4 is 5.32 Å². The molecule has 264 valence electrons. The summed E-state index contributed by atoms with van der Waals surface area (Å²) in [4.78, 5) is 5.01. The molecule has 0 spiro atoms. The second kappa shape index (κ2) is 12.1. The summed E-state index contributed by atoms with van der Waals surface area (Å²) in [5, 5.41) is 97.9. The van der Waals surface area contributed by atoms with Crippen molar-refractivity contribution in [1.82, 2.24) is 9.88 Å². The number of para-hydroxylation sites is 1. The minimum absolute atomic E-state index is 0.196. The van der Waals surface area contributed by atoms with Gasteiger partial charge in [-0.2, -0.15) is 0 Å². The Bertz CT molecular complexity index is 2750. The van der Waals surface area contributed by atoms with Gasteiger partial charge in [-0.25, -0.2) is 0 Å². The van der Waals surface area contributed by atoms with Crippen molar-refractivity contribution in [3.63, 3.8) is 0 Å². The van der Waals surface area contributed by atoms with Crippen LogP contribution in [-0.4, -0.2) is 57.0 Å². The highest BCUT2D eigenvalue weighted by Gasteiger charge is 2.32. The van der Waals surface area contributed by atoms with Gasteiger partial charge in [0.15, 0.2) is 23.0 Å². The van der Waals surface area contributed by atoms with Gasteiger partial charge in [-0.1, -0.05) is 72.8 Å². The SMILES string of the molecule is C/C(=N\C(NC(=N)c1ccccc1)c1ccccc1)c1cccc2c1oc1ccc(-n3c4c(O)c(O)c(O)c(O)c4c4c(O)c(O)c(O)c(O)c43)cc12. The second-order valence-electron chi connectivity index (χ2n) is 12.4. The number of furan rings is 1. The summed E-state index contributed by atoms with van der Waals surface area (Å²) in [6.07, 6.45) is -0.620. The third-order valence-corrected chi connectivity index (χ3v) is 9.35. The van der Waals surface area contributed by atoms with Gasteiger partial charge in [0.1, 0.15) is 34.2 Å². The van der Waals surface area contributed by atoms with E-state index in [4.69, 9.17) is 14.8 Å². The van der Waals surface area contributed by atoms with E-state index in [0.29, 0.717) is 38.8 Å². The monoisotopic (exact) mass is 710 g/mol. The Kier molecular flexibility index (Phi) is 7.43. The van der Waals surface area contributed by atoms with E-state index in [-0.39, 0.29) is 22.6 Å². The molecule has 0 fully saturated rings. The number of aromatic nitrogens is 1. The van der Waals surface area contributed by atoms with E-state index in [1.165, 1.54) is 6.07 Å². The van der Waals surface area contributed by atoms with Crippen LogP contribution in [0.5, 0.6) is 46.0 Å². The second-order valence-corrected chi connectivity index (χ2v) is 12.4. The van der Waals surface area contributed by atoms with Crippen molar-refractivity contribution in [2.45, 2.75) is 13.1 Å². The third-order valence-electron chi connectivity index (χ3n) is 9.35. The molecule has 1 unspecified atom stereocenters. The fourth-order valence-electron chi connectivity index (χ4n) is 6.77. The molecule has 6 aromatic carbocycles. The molecule has 0 aliphatic rings. The van der Waals surface area contributed by atoms with Crippen molar-refractivity contribution in [3.8, 4) is 51.7 Å². The molecule has 0 saturated carbocycles. The highest BCUT2D eigenvalue weighted by molar-refractivity contribution is 6.21. The summed E-state index contributed by atoms with van der Waals surface area (Å²) in [7, 11) is 0. The maximum atomic E-state index is 11.1. The van der Waals surface area contributed by atoms with Crippen molar-refractivity contribution >= 4 is 55.3 Å². The summed E-state index contributed by atoms with van der Waals surface area (Å²) in [6.45, 7) is 1.84. The molecule has 0 aliphatic carbocycles. The fourth-order valence-corrected chi connectivity index (χ4v) is 6.77. The number of benzene rings is 6. The molecule has 2 heterocycles. The number of aliphatic imine (C=N–C) groups is 1. The van der Waals surface area contributed by atoms with E-state index in [1.54, 1.807) is 12.1 Å². The van der Waals surface area contributed by atoms with Gasteiger partial charge in [0.2, 0.25) is 23.0 Å².